The van der Waals surface area contributed by atoms with Crippen LogP contribution < -0.4 is 10.6 Å². The number of nitrogens with one attached hydrogen (secondary N) is 2. The number of hydrogen-bond acceptors (Lipinski definition) is 4. The van der Waals surface area contributed by atoms with Gasteiger partial charge in [0.2, 0.25) is 0 Å². The van der Waals surface area contributed by atoms with Crippen molar-refractivity contribution in [3.63, 3.8) is 0 Å². The number of rotatable bonds is 2. The zero-order valence-electron chi connectivity index (χ0n) is 10.7. The number of hydrogen-bond donors (Lipinski definition) is 2. The van der Waals surface area contributed by atoms with Gasteiger partial charge in [-0.1, -0.05) is 11.6 Å². The fourth-order valence-electron chi connectivity index (χ4n) is 2.16. The van der Waals surface area contributed by atoms with Crippen molar-refractivity contribution in [2.45, 2.75) is 13.0 Å². The molecule has 0 spiro atoms. The summed E-state index contributed by atoms with van der Waals surface area (Å²) in [5.74, 6) is -0.222. The van der Waals surface area contributed by atoms with Crippen molar-refractivity contribution in [1.82, 2.24) is 15.3 Å². The number of amides is 1. The Morgan fingerprint density at radius 3 is 3.10 bits per heavy atom. The van der Waals surface area contributed by atoms with Crippen LogP contribution in [0.4, 0.5) is 5.69 Å². The first-order valence-electron chi connectivity index (χ1n) is 6.34. The standard InChI is InChI=1S/C14H13ClN4O/c15-13-6-9(1-4-17-13)14(20)19-11-5-10-7-16-3-2-12(10)18-8-11/h1,4-6,8,16H,2-3,7H2,(H,19,20). The van der Waals surface area contributed by atoms with E-state index in [0.717, 1.165) is 30.8 Å². The minimum atomic E-state index is -0.222. The zero-order valence-corrected chi connectivity index (χ0v) is 11.4. The molecule has 5 nitrogen and oxygen atoms in total. The van der Waals surface area contributed by atoms with Gasteiger partial charge in [-0.25, -0.2) is 4.98 Å². The fraction of sp³-hybridized carbons (Fsp3) is 0.214. The second kappa shape index (κ2) is 5.56. The van der Waals surface area contributed by atoms with Gasteiger partial charge in [-0.15, -0.1) is 0 Å². The Labute approximate surface area is 121 Å². The highest BCUT2D eigenvalue weighted by Crippen LogP contribution is 2.17. The first-order chi connectivity index (χ1) is 9.72. The van der Waals surface area contributed by atoms with Crippen LogP contribution in [-0.4, -0.2) is 22.4 Å². The van der Waals surface area contributed by atoms with E-state index >= 15 is 0 Å². The third-order valence-corrected chi connectivity index (χ3v) is 3.37. The minimum Gasteiger partial charge on any atom is -0.321 e. The minimum absolute atomic E-state index is 0.222. The van der Waals surface area contributed by atoms with Crippen LogP contribution >= 0.6 is 11.6 Å². The molecule has 0 unspecified atom stereocenters. The van der Waals surface area contributed by atoms with Crippen LogP contribution in [0, 0.1) is 0 Å². The van der Waals surface area contributed by atoms with Crippen LogP contribution in [0.2, 0.25) is 5.15 Å². The molecule has 2 aromatic rings. The molecule has 1 aliphatic rings. The van der Waals surface area contributed by atoms with E-state index in [9.17, 15) is 4.79 Å². The molecule has 0 bridgehead atoms. The van der Waals surface area contributed by atoms with E-state index < -0.39 is 0 Å². The lowest BCUT2D eigenvalue weighted by Crippen LogP contribution is -2.24. The number of aromatic nitrogens is 2. The molecule has 0 aliphatic carbocycles. The lowest BCUT2D eigenvalue weighted by Gasteiger charge is -2.17. The van der Waals surface area contributed by atoms with Gasteiger partial charge in [-0.2, -0.15) is 0 Å². The van der Waals surface area contributed by atoms with E-state index in [1.165, 1.54) is 12.3 Å². The largest absolute Gasteiger partial charge is 0.321 e. The van der Waals surface area contributed by atoms with Crippen molar-refractivity contribution >= 4 is 23.2 Å². The van der Waals surface area contributed by atoms with Crippen molar-refractivity contribution in [2.24, 2.45) is 0 Å². The molecule has 0 radical (unpaired) electrons. The summed E-state index contributed by atoms with van der Waals surface area (Å²) in [7, 11) is 0. The number of pyridine rings is 2. The molecular formula is C14H13ClN4O. The fourth-order valence-corrected chi connectivity index (χ4v) is 2.34. The Morgan fingerprint density at radius 2 is 2.25 bits per heavy atom. The van der Waals surface area contributed by atoms with Crippen molar-refractivity contribution in [3.05, 3.63) is 52.6 Å². The van der Waals surface area contributed by atoms with E-state index in [1.54, 1.807) is 12.3 Å². The number of fused-ring (bicyclic) bond motifs is 1. The quantitative estimate of drug-likeness (QED) is 0.830. The third kappa shape index (κ3) is 2.79. The summed E-state index contributed by atoms with van der Waals surface area (Å²) in [5, 5.41) is 6.40. The zero-order chi connectivity index (χ0) is 13.9. The monoisotopic (exact) mass is 288 g/mol. The van der Waals surface area contributed by atoms with E-state index in [1.807, 2.05) is 6.07 Å². The smallest absolute Gasteiger partial charge is 0.255 e. The Kier molecular flexibility index (Phi) is 3.62. The second-order valence-corrected chi connectivity index (χ2v) is 4.97. The van der Waals surface area contributed by atoms with Gasteiger partial charge in [0.1, 0.15) is 5.15 Å². The summed E-state index contributed by atoms with van der Waals surface area (Å²) in [6.07, 6.45) is 4.11. The Balaban J connectivity index is 1.79. The molecule has 1 aliphatic heterocycles. The average molecular weight is 289 g/mol. The lowest BCUT2D eigenvalue weighted by molar-refractivity contribution is 0.102. The van der Waals surface area contributed by atoms with E-state index in [4.69, 9.17) is 11.6 Å². The van der Waals surface area contributed by atoms with Gasteiger partial charge in [0.25, 0.3) is 5.91 Å². The normalized spacial score (nSPS) is 13.7. The summed E-state index contributed by atoms with van der Waals surface area (Å²) in [6.45, 7) is 1.73. The molecule has 6 heteroatoms. The molecule has 0 atom stereocenters. The summed E-state index contributed by atoms with van der Waals surface area (Å²) in [5.41, 5.74) is 3.38. The summed E-state index contributed by atoms with van der Waals surface area (Å²) in [4.78, 5) is 20.3. The summed E-state index contributed by atoms with van der Waals surface area (Å²) >= 11 is 5.78. The molecule has 3 rings (SSSR count). The van der Waals surface area contributed by atoms with Crippen molar-refractivity contribution < 1.29 is 4.79 Å². The third-order valence-electron chi connectivity index (χ3n) is 3.16. The van der Waals surface area contributed by atoms with Crippen molar-refractivity contribution in [2.75, 3.05) is 11.9 Å². The summed E-state index contributed by atoms with van der Waals surface area (Å²) < 4.78 is 0. The van der Waals surface area contributed by atoms with Crippen LogP contribution in [0.15, 0.2) is 30.6 Å². The number of carbonyl (C=O) groups excluding carboxylic acids is 1. The molecule has 0 saturated carbocycles. The van der Waals surface area contributed by atoms with Gasteiger partial charge in [0.05, 0.1) is 11.9 Å². The molecule has 0 saturated heterocycles. The molecule has 0 fully saturated rings. The van der Waals surface area contributed by atoms with Crippen LogP contribution in [-0.2, 0) is 13.0 Å². The van der Waals surface area contributed by atoms with E-state index in [-0.39, 0.29) is 5.91 Å². The topological polar surface area (TPSA) is 66.9 Å². The molecule has 2 aromatic heterocycles. The Hall–Kier alpha value is -1.98. The lowest BCUT2D eigenvalue weighted by atomic mass is 10.1. The molecular weight excluding hydrogens is 276 g/mol. The number of nitrogens with zero attached hydrogens (tertiary/aromatic N) is 2. The maximum absolute atomic E-state index is 12.1. The number of anilines is 1. The van der Waals surface area contributed by atoms with Crippen LogP contribution in [0.1, 0.15) is 21.6 Å². The maximum atomic E-state index is 12.1. The van der Waals surface area contributed by atoms with Gasteiger partial charge < -0.3 is 10.6 Å². The molecule has 1 amide bonds. The molecule has 20 heavy (non-hydrogen) atoms. The first kappa shape index (κ1) is 13.0. The van der Waals surface area contributed by atoms with Gasteiger partial charge in [-0.3, -0.25) is 9.78 Å². The maximum Gasteiger partial charge on any atom is 0.255 e. The molecule has 3 heterocycles. The molecule has 102 valence electrons. The highest BCUT2D eigenvalue weighted by Gasteiger charge is 2.12. The molecule has 2 N–H and O–H groups in total. The summed E-state index contributed by atoms with van der Waals surface area (Å²) in [6, 6.07) is 5.11. The highest BCUT2D eigenvalue weighted by molar-refractivity contribution is 6.29. The second-order valence-electron chi connectivity index (χ2n) is 4.58. The Bertz CT molecular complexity index is 659. The number of halogens is 1. The Morgan fingerprint density at radius 1 is 1.35 bits per heavy atom. The van der Waals surface area contributed by atoms with Crippen molar-refractivity contribution in [1.29, 1.82) is 0 Å². The van der Waals surface area contributed by atoms with Gasteiger partial charge >= 0.3 is 0 Å². The van der Waals surface area contributed by atoms with E-state index in [2.05, 4.69) is 20.6 Å². The number of carbonyl (C=O) groups is 1. The SMILES string of the molecule is O=C(Nc1cnc2c(c1)CNCC2)c1ccnc(Cl)c1. The van der Waals surface area contributed by atoms with Gasteiger partial charge in [0, 0.05) is 37.0 Å². The first-order valence-corrected chi connectivity index (χ1v) is 6.71. The van der Waals surface area contributed by atoms with Crippen LogP contribution in [0.5, 0.6) is 0 Å². The van der Waals surface area contributed by atoms with Gasteiger partial charge in [0.15, 0.2) is 0 Å². The van der Waals surface area contributed by atoms with Crippen LogP contribution in [0.25, 0.3) is 0 Å². The predicted octanol–water partition coefficient (Wildman–Crippen LogP) is 2.03. The van der Waals surface area contributed by atoms with Gasteiger partial charge in [-0.05, 0) is 23.8 Å². The van der Waals surface area contributed by atoms with Crippen molar-refractivity contribution in [3.8, 4) is 0 Å². The van der Waals surface area contributed by atoms with Crippen LogP contribution in [0.3, 0.4) is 0 Å². The molecule has 0 aromatic carbocycles. The van der Waals surface area contributed by atoms with E-state index in [0.29, 0.717) is 16.4 Å². The average Bonchev–Trinajstić information content (AvgIpc) is 2.47. The highest BCUT2D eigenvalue weighted by atomic mass is 35.5. The predicted molar refractivity (Wildman–Crippen MR) is 76.8 cm³/mol.